The summed E-state index contributed by atoms with van der Waals surface area (Å²) in [5.74, 6) is -1.17. The van der Waals surface area contributed by atoms with E-state index in [9.17, 15) is 14.4 Å². The molecule has 1 atom stereocenters. The van der Waals surface area contributed by atoms with Crippen LogP contribution >= 0.6 is 0 Å². The predicted octanol–water partition coefficient (Wildman–Crippen LogP) is 1.97. The molecule has 132 valence electrons. The Morgan fingerprint density at radius 3 is 2.58 bits per heavy atom. The van der Waals surface area contributed by atoms with E-state index in [1.165, 1.54) is 13.1 Å². The van der Waals surface area contributed by atoms with Crippen LogP contribution in [0.2, 0.25) is 0 Å². The van der Waals surface area contributed by atoms with Crippen molar-refractivity contribution in [2.75, 3.05) is 5.32 Å². The van der Waals surface area contributed by atoms with Crippen LogP contribution in [0.15, 0.2) is 65.6 Å². The molecule has 1 aromatic heterocycles. The number of benzene rings is 2. The van der Waals surface area contributed by atoms with E-state index in [2.05, 4.69) is 10.4 Å². The van der Waals surface area contributed by atoms with Crippen LogP contribution in [0.3, 0.4) is 0 Å². The zero-order valence-electron chi connectivity index (χ0n) is 14.1. The van der Waals surface area contributed by atoms with Gasteiger partial charge in [-0.2, -0.15) is 5.10 Å². The summed E-state index contributed by atoms with van der Waals surface area (Å²) in [7, 11) is 0. The maximum atomic E-state index is 12.3. The van der Waals surface area contributed by atoms with Crippen LogP contribution in [0.5, 0.6) is 0 Å². The lowest BCUT2D eigenvalue weighted by Crippen LogP contribution is -2.33. The summed E-state index contributed by atoms with van der Waals surface area (Å²) in [4.78, 5) is 36.5. The van der Waals surface area contributed by atoms with Crippen LogP contribution in [0.4, 0.5) is 5.69 Å². The smallest absolute Gasteiger partial charge is 0.328 e. The first-order chi connectivity index (χ1) is 12.5. The Hall–Kier alpha value is -3.48. The van der Waals surface area contributed by atoms with E-state index in [0.717, 1.165) is 4.68 Å². The summed E-state index contributed by atoms with van der Waals surface area (Å²) >= 11 is 0. The van der Waals surface area contributed by atoms with E-state index in [0.29, 0.717) is 16.5 Å². The second-order valence-electron chi connectivity index (χ2n) is 5.68. The SMILES string of the molecule is CC(OC(=O)Cn1ncc2ccccc2c1=O)C(=O)Nc1ccccc1. The Kier molecular flexibility index (Phi) is 5.07. The molecule has 1 heterocycles. The van der Waals surface area contributed by atoms with Crippen molar-refractivity contribution in [1.29, 1.82) is 0 Å². The Balaban J connectivity index is 1.64. The third-order valence-electron chi connectivity index (χ3n) is 3.76. The van der Waals surface area contributed by atoms with Gasteiger partial charge >= 0.3 is 5.97 Å². The maximum absolute atomic E-state index is 12.3. The van der Waals surface area contributed by atoms with E-state index in [4.69, 9.17) is 4.74 Å². The molecule has 3 rings (SSSR count). The number of para-hydroxylation sites is 1. The third kappa shape index (κ3) is 3.94. The van der Waals surface area contributed by atoms with E-state index < -0.39 is 18.0 Å². The molecule has 0 aliphatic carbocycles. The number of hydrogen-bond donors (Lipinski definition) is 1. The monoisotopic (exact) mass is 351 g/mol. The summed E-state index contributed by atoms with van der Waals surface area (Å²) in [5.41, 5.74) is 0.217. The van der Waals surface area contributed by atoms with Gasteiger partial charge in [0.05, 0.1) is 11.6 Å². The zero-order chi connectivity index (χ0) is 18.5. The Morgan fingerprint density at radius 1 is 1.12 bits per heavy atom. The van der Waals surface area contributed by atoms with E-state index >= 15 is 0 Å². The molecule has 0 saturated carbocycles. The minimum absolute atomic E-state index is 0.368. The van der Waals surface area contributed by atoms with Crippen LogP contribution < -0.4 is 10.9 Å². The lowest BCUT2D eigenvalue weighted by molar-refractivity contribution is -0.154. The van der Waals surface area contributed by atoms with Crippen molar-refractivity contribution in [1.82, 2.24) is 9.78 Å². The number of aromatic nitrogens is 2. The van der Waals surface area contributed by atoms with Gasteiger partial charge in [-0.05, 0) is 25.1 Å². The standard InChI is InChI=1S/C19H17N3O4/c1-13(18(24)21-15-8-3-2-4-9-15)26-17(23)12-22-19(25)16-10-6-5-7-14(16)11-20-22/h2-11,13H,12H2,1H3,(H,21,24). The molecular formula is C19H17N3O4. The van der Waals surface area contributed by atoms with Crippen LogP contribution in [0.25, 0.3) is 10.8 Å². The van der Waals surface area contributed by atoms with Gasteiger partial charge in [0, 0.05) is 11.1 Å². The summed E-state index contributed by atoms with van der Waals surface area (Å²) in [5, 5.41) is 7.77. The summed E-state index contributed by atoms with van der Waals surface area (Å²) < 4.78 is 6.12. The van der Waals surface area contributed by atoms with Crippen LogP contribution in [-0.4, -0.2) is 27.8 Å². The molecule has 3 aromatic rings. The number of carbonyl (C=O) groups excluding carboxylic acids is 2. The molecule has 0 aliphatic heterocycles. The van der Waals surface area contributed by atoms with Gasteiger partial charge in [0.1, 0.15) is 6.54 Å². The van der Waals surface area contributed by atoms with E-state index in [1.54, 1.807) is 48.5 Å². The van der Waals surface area contributed by atoms with Gasteiger partial charge in [-0.15, -0.1) is 0 Å². The topological polar surface area (TPSA) is 90.3 Å². The first-order valence-corrected chi connectivity index (χ1v) is 8.05. The molecule has 0 radical (unpaired) electrons. The molecule has 7 heteroatoms. The van der Waals surface area contributed by atoms with E-state index in [1.807, 2.05) is 6.07 Å². The molecule has 26 heavy (non-hydrogen) atoms. The number of rotatable bonds is 5. The van der Waals surface area contributed by atoms with Gasteiger partial charge < -0.3 is 10.1 Å². The number of fused-ring (bicyclic) bond motifs is 1. The lowest BCUT2D eigenvalue weighted by Gasteiger charge is -2.14. The highest BCUT2D eigenvalue weighted by Crippen LogP contribution is 2.08. The fraction of sp³-hybridized carbons (Fsp3) is 0.158. The second kappa shape index (κ2) is 7.60. The van der Waals surface area contributed by atoms with Gasteiger partial charge in [-0.1, -0.05) is 36.4 Å². The fourth-order valence-electron chi connectivity index (χ4n) is 2.42. The van der Waals surface area contributed by atoms with Crippen molar-refractivity contribution in [2.45, 2.75) is 19.6 Å². The second-order valence-corrected chi connectivity index (χ2v) is 5.68. The zero-order valence-corrected chi connectivity index (χ0v) is 14.1. The number of amides is 1. The van der Waals surface area contributed by atoms with E-state index in [-0.39, 0.29) is 12.1 Å². The highest BCUT2D eigenvalue weighted by molar-refractivity contribution is 5.95. The van der Waals surface area contributed by atoms with Crippen molar-refractivity contribution in [2.24, 2.45) is 0 Å². The number of hydrogen-bond acceptors (Lipinski definition) is 5. The summed E-state index contributed by atoms with van der Waals surface area (Å²) in [6.45, 7) is 1.10. The highest BCUT2D eigenvalue weighted by Gasteiger charge is 2.19. The van der Waals surface area contributed by atoms with Gasteiger partial charge in [-0.25, -0.2) is 4.68 Å². The first kappa shape index (κ1) is 17.3. The number of esters is 1. The number of ether oxygens (including phenoxy) is 1. The summed E-state index contributed by atoms with van der Waals surface area (Å²) in [6, 6.07) is 15.8. The first-order valence-electron chi connectivity index (χ1n) is 8.05. The molecule has 0 fully saturated rings. The molecular weight excluding hydrogens is 334 g/mol. The molecule has 0 saturated heterocycles. The molecule has 1 unspecified atom stereocenters. The normalized spacial score (nSPS) is 11.7. The van der Waals surface area contributed by atoms with Crippen molar-refractivity contribution < 1.29 is 14.3 Å². The minimum atomic E-state index is -1.00. The Labute approximate surface area is 149 Å². The van der Waals surface area contributed by atoms with Crippen molar-refractivity contribution in [3.63, 3.8) is 0 Å². The minimum Gasteiger partial charge on any atom is -0.451 e. The molecule has 0 bridgehead atoms. The van der Waals surface area contributed by atoms with Gasteiger partial charge in [-0.3, -0.25) is 14.4 Å². The van der Waals surface area contributed by atoms with Gasteiger partial charge in [0.15, 0.2) is 6.10 Å². The molecule has 1 amide bonds. The molecule has 2 aromatic carbocycles. The average molecular weight is 351 g/mol. The van der Waals surface area contributed by atoms with Crippen LogP contribution in [0, 0.1) is 0 Å². The molecule has 1 N–H and O–H groups in total. The lowest BCUT2D eigenvalue weighted by atomic mass is 10.2. The quantitative estimate of drug-likeness (QED) is 0.710. The van der Waals surface area contributed by atoms with Crippen LogP contribution in [-0.2, 0) is 20.9 Å². The predicted molar refractivity (Wildman–Crippen MR) is 96.6 cm³/mol. The van der Waals surface area contributed by atoms with Gasteiger partial charge in [0.2, 0.25) is 0 Å². The molecule has 0 aliphatic rings. The number of nitrogens with zero attached hydrogens (tertiary/aromatic N) is 2. The largest absolute Gasteiger partial charge is 0.451 e. The maximum Gasteiger partial charge on any atom is 0.328 e. The third-order valence-corrected chi connectivity index (χ3v) is 3.76. The van der Waals surface area contributed by atoms with Crippen molar-refractivity contribution in [3.8, 4) is 0 Å². The van der Waals surface area contributed by atoms with Crippen LogP contribution in [0.1, 0.15) is 6.92 Å². The summed E-state index contributed by atoms with van der Waals surface area (Å²) in [6.07, 6.45) is 0.508. The highest BCUT2D eigenvalue weighted by atomic mass is 16.5. The fourth-order valence-corrected chi connectivity index (χ4v) is 2.42. The van der Waals surface area contributed by atoms with Crippen molar-refractivity contribution >= 4 is 28.3 Å². The number of nitrogens with one attached hydrogen (secondary N) is 1. The average Bonchev–Trinajstić information content (AvgIpc) is 2.65. The van der Waals surface area contributed by atoms with Crippen molar-refractivity contribution in [3.05, 3.63) is 71.1 Å². The number of anilines is 1. The molecule has 0 spiro atoms. The molecule has 7 nitrogen and oxygen atoms in total. The Morgan fingerprint density at radius 2 is 1.81 bits per heavy atom. The Bertz CT molecular complexity index is 998. The van der Waals surface area contributed by atoms with Gasteiger partial charge in [0.25, 0.3) is 11.5 Å². The number of carbonyl (C=O) groups is 2.